The fourth-order valence-corrected chi connectivity index (χ4v) is 2.11. The van der Waals surface area contributed by atoms with E-state index in [0.29, 0.717) is 10.0 Å². The van der Waals surface area contributed by atoms with E-state index in [0.717, 1.165) is 11.3 Å². The highest BCUT2D eigenvalue weighted by Crippen LogP contribution is 2.21. The minimum Gasteiger partial charge on any atom is -0.391 e. The molecule has 0 heterocycles. The summed E-state index contributed by atoms with van der Waals surface area (Å²) in [6.07, 6.45) is 1.53. The van der Waals surface area contributed by atoms with Gasteiger partial charge in [0.15, 0.2) is 0 Å². The summed E-state index contributed by atoms with van der Waals surface area (Å²) >= 11 is 11.8. The van der Waals surface area contributed by atoms with Gasteiger partial charge in [-0.25, -0.2) is 0 Å². The summed E-state index contributed by atoms with van der Waals surface area (Å²) in [6.45, 7) is 0.215. The lowest BCUT2D eigenvalue weighted by Gasteiger charge is -2.03. The molecule has 0 spiro atoms. The van der Waals surface area contributed by atoms with Crippen LogP contribution < -0.4 is 5.32 Å². The van der Waals surface area contributed by atoms with Gasteiger partial charge in [-0.15, -0.1) is 0 Å². The third-order valence-corrected chi connectivity index (χ3v) is 3.31. The summed E-state index contributed by atoms with van der Waals surface area (Å²) in [4.78, 5) is 16.7. The SMILES string of the molecule is O=C(C/C=N\OCc1ccc(Cl)cc1Cl)Nc1ccccc1. The van der Waals surface area contributed by atoms with Crippen LogP contribution in [-0.2, 0) is 16.2 Å². The second-order valence-corrected chi connectivity index (χ2v) is 5.26. The van der Waals surface area contributed by atoms with Crippen LogP contribution in [-0.4, -0.2) is 12.1 Å². The first-order chi connectivity index (χ1) is 10.6. The van der Waals surface area contributed by atoms with Crippen molar-refractivity contribution in [1.29, 1.82) is 0 Å². The summed E-state index contributed by atoms with van der Waals surface area (Å²) in [5, 5.41) is 7.56. The van der Waals surface area contributed by atoms with Gasteiger partial charge in [0.1, 0.15) is 6.61 Å². The van der Waals surface area contributed by atoms with Crippen LogP contribution in [0.15, 0.2) is 53.7 Å². The lowest BCUT2D eigenvalue weighted by molar-refractivity contribution is -0.115. The van der Waals surface area contributed by atoms with Crippen LogP contribution in [0.5, 0.6) is 0 Å². The van der Waals surface area contributed by atoms with Gasteiger partial charge in [-0.2, -0.15) is 0 Å². The van der Waals surface area contributed by atoms with Crippen molar-refractivity contribution in [1.82, 2.24) is 0 Å². The minimum atomic E-state index is -0.164. The maximum Gasteiger partial charge on any atom is 0.229 e. The maximum atomic E-state index is 11.6. The minimum absolute atomic E-state index is 0.128. The van der Waals surface area contributed by atoms with E-state index >= 15 is 0 Å². The fourth-order valence-electron chi connectivity index (χ4n) is 1.65. The Bertz CT molecular complexity index is 660. The third kappa shape index (κ3) is 5.39. The molecule has 2 aromatic carbocycles. The Morgan fingerprint density at radius 3 is 2.68 bits per heavy atom. The highest BCUT2D eigenvalue weighted by molar-refractivity contribution is 6.35. The monoisotopic (exact) mass is 336 g/mol. The number of amides is 1. The van der Waals surface area contributed by atoms with Crippen LogP contribution in [0.4, 0.5) is 5.69 Å². The van der Waals surface area contributed by atoms with Gasteiger partial charge < -0.3 is 10.2 Å². The number of oxime groups is 1. The molecule has 0 aliphatic rings. The molecule has 0 radical (unpaired) electrons. The number of benzene rings is 2. The summed E-state index contributed by atoms with van der Waals surface area (Å²) < 4.78 is 0. The standard InChI is InChI=1S/C16H14Cl2N2O2/c17-13-7-6-12(15(18)10-13)11-22-19-9-8-16(21)20-14-4-2-1-3-5-14/h1-7,9-10H,8,11H2,(H,20,21)/b19-9-. The molecule has 4 nitrogen and oxygen atoms in total. The van der Waals surface area contributed by atoms with Gasteiger partial charge in [-0.1, -0.05) is 52.6 Å². The van der Waals surface area contributed by atoms with Crippen molar-refractivity contribution in [3.8, 4) is 0 Å². The van der Waals surface area contributed by atoms with Crippen molar-refractivity contribution < 1.29 is 9.63 Å². The van der Waals surface area contributed by atoms with Gasteiger partial charge in [0.2, 0.25) is 5.91 Å². The Balaban J connectivity index is 1.73. The molecule has 0 bridgehead atoms. The number of hydrogen-bond acceptors (Lipinski definition) is 3. The van der Waals surface area contributed by atoms with Gasteiger partial charge in [0.25, 0.3) is 0 Å². The van der Waals surface area contributed by atoms with E-state index in [-0.39, 0.29) is 18.9 Å². The first-order valence-corrected chi connectivity index (χ1v) is 7.33. The van der Waals surface area contributed by atoms with E-state index in [4.69, 9.17) is 28.0 Å². The lowest BCUT2D eigenvalue weighted by Crippen LogP contribution is -2.11. The Morgan fingerprint density at radius 2 is 1.95 bits per heavy atom. The van der Waals surface area contributed by atoms with Crippen LogP contribution >= 0.6 is 23.2 Å². The molecule has 6 heteroatoms. The molecule has 0 atom stereocenters. The predicted octanol–water partition coefficient (Wildman–Crippen LogP) is 4.52. The lowest BCUT2D eigenvalue weighted by atomic mass is 10.2. The summed E-state index contributed by atoms with van der Waals surface area (Å²) in [5.41, 5.74) is 1.52. The van der Waals surface area contributed by atoms with E-state index in [9.17, 15) is 4.79 Å². The molecular weight excluding hydrogens is 323 g/mol. The highest BCUT2D eigenvalue weighted by atomic mass is 35.5. The summed E-state index contributed by atoms with van der Waals surface area (Å²) in [5.74, 6) is -0.164. The molecule has 0 saturated heterocycles. The van der Waals surface area contributed by atoms with Crippen molar-refractivity contribution in [2.45, 2.75) is 13.0 Å². The molecule has 0 aromatic heterocycles. The second kappa shape index (κ2) is 8.41. The van der Waals surface area contributed by atoms with Crippen molar-refractivity contribution in [2.75, 3.05) is 5.32 Å². The molecule has 22 heavy (non-hydrogen) atoms. The first-order valence-electron chi connectivity index (χ1n) is 6.58. The summed E-state index contributed by atoms with van der Waals surface area (Å²) in [7, 11) is 0. The number of carbonyl (C=O) groups is 1. The smallest absolute Gasteiger partial charge is 0.229 e. The fraction of sp³-hybridized carbons (Fsp3) is 0.125. The molecule has 0 aliphatic heterocycles. The van der Waals surface area contributed by atoms with Crippen LogP contribution in [0.2, 0.25) is 10.0 Å². The zero-order valence-electron chi connectivity index (χ0n) is 11.6. The molecule has 1 amide bonds. The second-order valence-electron chi connectivity index (χ2n) is 4.42. The number of nitrogens with zero attached hydrogens (tertiary/aromatic N) is 1. The molecule has 114 valence electrons. The Morgan fingerprint density at radius 1 is 1.18 bits per heavy atom. The van der Waals surface area contributed by atoms with Crippen molar-refractivity contribution in [2.24, 2.45) is 5.16 Å². The number of para-hydroxylation sites is 1. The molecule has 2 aromatic rings. The van der Waals surface area contributed by atoms with Gasteiger partial charge in [-0.05, 0) is 24.3 Å². The van der Waals surface area contributed by atoms with Crippen molar-refractivity contribution in [3.63, 3.8) is 0 Å². The topological polar surface area (TPSA) is 50.7 Å². The van der Waals surface area contributed by atoms with Crippen molar-refractivity contribution >= 4 is 41.0 Å². The Labute approximate surface area is 138 Å². The molecule has 0 unspecified atom stereocenters. The van der Waals surface area contributed by atoms with E-state index in [1.54, 1.807) is 18.2 Å². The molecular formula is C16H14Cl2N2O2. The van der Waals surface area contributed by atoms with E-state index in [2.05, 4.69) is 10.5 Å². The molecule has 0 aliphatic carbocycles. The zero-order valence-corrected chi connectivity index (χ0v) is 13.1. The number of halogens is 2. The van der Waals surface area contributed by atoms with Gasteiger partial charge in [0.05, 0.1) is 12.6 Å². The van der Waals surface area contributed by atoms with Crippen LogP contribution in [0.25, 0.3) is 0 Å². The number of hydrogen-bond donors (Lipinski definition) is 1. The van der Waals surface area contributed by atoms with E-state index < -0.39 is 0 Å². The maximum absolute atomic E-state index is 11.6. The molecule has 0 saturated carbocycles. The molecule has 0 fully saturated rings. The van der Waals surface area contributed by atoms with Crippen LogP contribution in [0.3, 0.4) is 0 Å². The van der Waals surface area contributed by atoms with Crippen LogP contribution in [0, 0.1) is 0 Å². The number of rotatable bonds is 6. The van der Waals surface area contributed by atoms with Gasteiger partial charge in [0, 0.05) is 21.3 Å². The largest absolute Gasteiger partial charge is 0.391 e. The Kier molecular flexibility index (Phi) is 6.25. The van der Waals surface area contributed by atoms with Crippen molar-refractivity contribution in [3.05, 3.63) is 64.1 Å². The third-order valence-electron chi connectivity index (χ3n) is 2.72. The zero-order chi connectivity index (χ0) is 15.8. The molecule has 1 N–H and O–H groups in total. The first kappa shape index (κ1) is 16.3. The quantitative estimate of drug-likeness (QED) is 0.622. The average molecular weight is 337 g/mol. The molecule has 2 rings (SSSR count). The number of anilines is 1. The average Bonchev–Trinajstić information content (AvgIpc) is 2.50. The predicted molar refractivity (Wildman–Crippen MR) is 89.4 cm³/mol. The van der Waals surface area contributed by atoms with Crippen LogP contribution in [0.1, 0.15) is 12.0 Å². The highest BCUT2D eigenvalue weighted by Gasteiger charge is 2.02. The normalized spacial score (nSPS) is 10.6. The number of nitrogens with one attached hydrogen (secondary N) is 1. The summed E-state index contributed by atoms with van der Waals surface area (Å²) in [6, 6.07) is 14.3. The Hall–Kier alpha value is -2.04. The van der Waals surface area contributed by atoms with Gasteiger partial charge in [-0.3, -0.25) is 4.79 Å². The van der Waals surface area contributed by atoms with E-state index in [1.807, 2.05) is 30.3 Å². The van der Waals surface area contributed by atoms with Gasteiger partial charge >= 0.3 is 0 Å². The van der Waals surface area contributed by atoms with E-state index in [1.165, 1.54) is 6.21 Å². The number of carbonyl (C=O) groups excluding carboxylic acids is 1.